The number of urea groups is 1. The number of methoxy groups -OCH3 is 1. The van der Waals surface area contributed by atoms with Gasteiger partial charge in [0.1, 0.15) is 5.75 Å². The number of thioether (sulfide) groups is 1. The first kappa shape index (κ1) is 23.1. The predicted molar refractivity (Wildman–Crippen MR) is 129 cm³/mol. The zero-order chi connectivity index (χ0) is 23.4. The molecular formula is C23H23ClN4O4S. The number of rotatable bonds is 6. The van der Waals surface area contributed by atoms with E-state index in [1.54, 1.807) is 42.5 Å². The van der Waals surface area contributed by atoms with Gasteiger partial charge in [0.2, 0.25) is 5.91 Å². The topological polar surface area (TPSA) is 102 Å². The van der Waals surface area contributed by atoms with Crippen LogP contribution >= 0.6 is 23.4 Å². The number of para-hydroxylation sites is 1. The van der Waals surface area contributed by atoms with Gasteiger partial charge in [-0.25, -0.2) is 9.78 Å². The average Bonchev–Trinajstić information content (AvgIpc) is 3.30. The molecule has 1 fully saturated rings. The van der Waals surface area contributed by atoms with E-state index < -0.39 is 11.9 Å². The molecule has 0 aliphatic heterocycles. The van der Waals surface area contributed by atoms with E-state index in [0.717, 1.165) is 37.4 Å². The number of nitrogens with one attached hydrogen (secondary N) is 2. The zero-order valence-electron chi connectivity index (χ0n) is 18.0. The zero-order valence-corrected chi connectivity index (χ0v) is 19.5. The van der Waals surface area contributed by atoms with Crippen LogP contribution in [0.15, 0.2) is 52.4 Å². The van der Waals surface area contributed by atoms with E-state index >= 15 is 0 Å². The first-order valence-corrected chi connectivity index (χ1v) is 11.9. The van der Waals surface area contributed by atoms with Crippen LogP contribution in [-0.4, -0.2) is 40.4 Å². The van der Waals surface area contributed by atoms with Gasteiger partial charge in [0.05, 0.1) is 34.5 Å². The molecule has 172 valence electrons. The van der Waals surface area contributed by atoms with Crippen LogP contribution in [0.2, 0.25) is 5.02 Å². The summed E-state index contributed by atoms with van der Waals surface area (Å²) >= 11 is 7.35. The Bertz CT molecular complexity index is 1260. The number of benzene rings is 2. The van der Waals surface area contributed by atoms with Crippen LogP contribution in [0.25, 0.3) is 16.6 Å². The molecule has 1 saturated carbocycles. The molecule has 0 unspecified atom stereocenters. The Morgan fingerprint density at radius 1 is 1.21 bits per heavy atom. The van der Waals surface area contributed by atoms with Crippen molar-refractivity contribution >= 4 is 46.2 Å². The number of hydrogen-bond acceptors (Lipinski definition) is 6. The van der Waals surface area contributed by atoms with E-state index in [9.17, 15) is 14.4 Å². The van der Waals surface area contributed by atoms with Crippen LogP contribution < -0.4 is 20.9 Å². The molecule has 0 spiro atoms. The molecule has 0 atom stereocenters. The Kier molecular flexibility index (Phi) is 7.20. The van der Waals surface area contributed by atoms with Crippen molar-refractivity contribution in [3.05, 3.63) is 57.8 Å². The highest BCUT2D eigenvalue weighted by molar-refractivity contribution is 7.99. The molecule has 8 nitrogen and oxygen atoms in total. The fourth-order valence-corrected chi connectivity index (χ4v) is 4.88. The number of fused-ring (bicyclic) bond motifs is 1. The maximum absolute atomic E-state index is 13.3. The summed E-state index contributed by atoms with van der Waals surface area (Å²) in [5, 5.41) is 6.26. The van der Waals surface area contributed by atoms with Gasteiger partial charge in [-0.15, -0.1) is 0 Å². The number of amides is 3. The van der Waals surface area contributed by atoms with Crippen molar-refractivity contribution < 1.29 is 14.3 Å². The molecule has 0 radical (unpaired) electrons. The number of ether oxygens (including phenoxy) is 1. The van der Waals surface area contributed by atoms with E-state index in [2.05, 4.69) is 15.6 Å². The van der Waals surface area contributed by atoms with Crippen LogP contribution in [0, 0.1) is 0 Å². The fourth-order valence-electron chi connectivity index (χ4n) is 3.82. The standard InChI is InChI=1S/C23H23ClN4O4S/c1-32-19-11-10-15(12-17(19)24)28-21(30)16-8-4-5-9-18(16)26-23(28)33-13-20(29)27-22(31)25-14-6-2-3-7-14/h4-5,8-12,14H,2-3,6-7,13H2,1H3,(H2,25,27,29,31). The lowest BCUT2D eigenvalue weighted by atomic mass is 10.2. The van der Waals surface area contributed by atoms with Crippen LogP contribution in [0.4, 0.5) is 4.79 Å². The number of imide groups is 1. The van der Waals surface area contributed by atoms with Crippen molar-refractivity contribution in [3.8, 4) is 11.4 Å². The molecule has 1 aliphatic rings. The van der Waals surface area contributed by atoms with Gasteiger partial charge in [-0.1, -0.05) is 48.3 Å². The molecule has 2 N–H and O–H groups in total. The number of nitrogens with zero attached hydrogens (tertiary/aromatic N) is 2. The molecule has 0 saturated heterocycles. The maximum atomic E-state index is 13.3. The average molecular weight is 487 g/mol. The van der Waals surface area contributed by atoms with Crippen LogP contribution in [-0.2, 0) is 4.79 Å². The summed E-state index contributed by atoms with van der Waals surface area (Å²) in [5.41, 5.74) is 0.717. The first-order valence-electron chi connectivity index (χ1n) is 10.5. The SMILES string of the molecule is COc1ccc(-n2c(SCC(=O)NC(=O)NC3CCCC3)nc3ccccc3c2=O)cc1Cl. The highest BCUT2D eigenvalue weighted by Crippen LogP contribution is 2.28. The Morgan fingerprint density at radius 3 is 2.70 bits per heavy atom. The van der Waals surface area contributed by atoms with Gasteiger partial charge in [0, 0.05) is 6.04 Å². The van der Waals surface area contributed by atoms with Crippen LogP contribution in [0.5, 0.6) is 5.75 Å². The molecule has 33 heavy (non-hydrogen) atoms. The molecule has 1 heterocycles. The smallest absolute Gasteiger partial charge is 0.321 e. The largest absolute Gasteiger partial charge is 0.495 e. The van der Waals surface area contributed by atoms with E-state index in [1.807, 2.05) is 0 Å². The second-order valence-corrected chi connectivity index (χ2v) is 9.01. The normalized spacial score (nSPS) is 13.8. The van der Waals surface area contributed by atoms with Gasteiger partial charge in [0.25, 0.3) is 5.56 Å². The summed E-state index contributed by atoms with van der Waals surface area (Å²) < 4.78 is 6.61. The highest BCUT2D eigenvalue weighted by Gasteiger charge is 2.19. The molecule has 1 aliphatic carbocycles. The Labute approximate surface area is 199 Å². The van der Waals surface area contributed by atoms with Crippen molar-refractivity contribution in [3.63, 3.8) is 0 Å². The minimum absolute atomic E-state index is 0.0905. The summed E-state index contributed by atoms with van der Waals surface area (Å²) in [6.07, 6.45) is 4.01. The summed E-state index contributed by atoms with van der Waals surface area (Å²) in [5.74, 6) is -0.0893. The van der Waals surface area contributed by atoms with E-state index in [-0.39, 0.29) is 17.4 Å². The monoisotopic (exact) mass is 486 g/mol. The Morgan fingerprint density at radius 2 is 1.97 bits per heavy atom. The van der Waals surface area contributed by atoms with Gasteiger partial charge in [-0.05, 0) is 43.2 Å². The highest BCUT2D eigenvalue weighted by atomic mass is 35.5. The third kappa shape index (κ3) is 5.31. The molecular weight excluding hydrogens is 464 g/mol. The van der Waals surface area contributed by atoms with Crippen LogP contribution in [0.1, 0.15) is 25.7 Å². The van der Waals surface area contributed by atoms with Gasteiger partial charge in [-0.3, -0.25) is 19.5 Å². The molecule has 10 heteroatoms. The molecule has 3 aromatic rings. The summed E-state index contributed by atoms with van der Waals surface area (Å²) in [7, 11) is 1.51. The lowest BCUT2D eigenvalue weighted by Gasteiger charge is -2.15. The summed E-state index contributed by atoms with van der Waals surface area (Å²) in [6, 6.07) is 11.6. The van der Waals surface area contributed by atoms with Crippen molar-refractivity contribution in [1.82, 2.24) is 20.2 Å². The summed E-state index contributed by atoms with van der Waals surface area (Å²) in [6.45, 7) is 0. The molecule has 4 rings (SSSR count). The number of carbonyl (C=O) groups is 2. The van der Waals surface area contributed by atoms with Gasteiger partial charge in [0.15, 0.2) is 5.16 Å². The van der Waals surface area contributed by atoms with Gasteiger partial charge >= 0.3 is 6.03 Å². The second kappa shape index (κ2) is 10.3. The van der Waals surface area contributed by atoms with Crippen molar-refractivity contribution in [2.24, 2.45) is 0 Å². The van der Waals surface area contributed by atoms with Gasteiger partial charge < -0.3 is 10.1 Å². The molecule has 0 bridgehead atoms. The van der Waals surface area contributed by atoms with E-state index in [4.69, 9.17) is 16.3 Å². The predicted octanol–water partition coefficient (Wildman–Crippen LogP) is 3.91. The Balaban J connectivity index is 1.59. The summed E-state index contributed by atoms with van der Waals surface area (Å²) in [4.78, 5) is 42.4. The fraction of sp³-hybridized carbons (Fsp3) is 0.304. The lowest BCUT2D eigenvalue weighted by molar-refractivity contribution is -0.117. The minimum atomic E-state index is -0.502. The first-order chi connectivity index (χ1) is 16.0. The number of halogens is 1. The van der Waals surface area contributed by atoms with Crippen LogP contribution in [0.3, 0.4) is 0 Å². The molecule has 3 amide bonds. The van der Waals surface area contributed by atoms with Gasteiger partial charge in [-0.2, -0.15) is 0 Å². The van der Waals surface area contributed by atoms with E-state index in [0.29, 0.717) is 32.5 Å². The minimum Gasteiger partial charge on any atom is -0.495 e. The second-order valence-electron chi connectivity index (χ2n) is 7.66. The lowest BCUT2D eigenvalue weighted by Crippen LogP contribution is -2.44. The quantitative estimate of drug-likeness (QED) is 0.404. The maximum Gasteiger partial charge on any atom is 0.321 e. The number of hydrogen-bond donors (Lipinski definition) is 2. The van der Waals surface area contributed by atoms with Crippen molar-refractivity contribution in [1.29, 1.82) is 0 Å². The van der Waals surface area contributed by atoms with E-state index in [1.165, 1.54) is 11.7 Å². The third-order valence-corrected chi connectivity index (χ3v) is 6.65. The molecule has 1 aromatic heterocycles. The van der Waals surface area contributed by atoms with Crippen molar-refractivity contribution in [2.45, 2.75) is 36.9 Å². The Hall–Kier alpha value is -3.04. The molecule has 2 aromatic carbocycles. The number of carbonyl (C=O) groups excluding carboxylic acids is 2. The third-order valence-electron chi connectivity index (χ3n) is 5.41. The van der Waals surface area contributed by atoms with Crippen molar-refractivity contribution in [2.75, 3.05) is 12.9 Å². The number of aromatic nitrogens is 2.